The van der Waals surface area contributed by atoms with Crippen LogP contribution in [0.15, 0.2) is 43.8 Å². The first-order chi connectivity index (χ1) is 17.9. The van der Waals surface area contributed by atoms with Crippen molar-refractivity contribution in [3.05, 3.63) is 23.8 Å². The summed E-state index contributed by atoms with van der Waals surface area (Å²) in [4.78, 5) is 26.4. The lowest BCUT2D eigenvalue weighted by atomic mass is 9.42. The van der Waals surface area contributed by atoms with Gasteiger partial charge >= 0.3 is 0 Å². The van der Waals surface area contributed by atoms with Crippen molar-refractivity contribution in [2.24, 2.45) is 43.1 Å². The molecule has 0 aromatic rings. The topological polar surface area (TPSA) is 55.9 Å². The van der Waals surface area contributed by atoms with Gasteiger partial charge in [-0.2, -0.15) is 0 Å². The van der Waals surface area contributed by atoms with Crippen LogP contribution in [0.5, 0.6) is 0 Å². The molecule has 0 amide bonds. The van der Waals surface area contributed by atoms with Crippen molar-refractivity contribution >= 4 is 23.3 Å². The summed E-state index contributed by atoms with van der Waals surface area (Å²) in [6.45, 7) is 36.5. The molecule has 0 aromatic heterocycles. The van der Waals surface area contributed by atoms with E-state index in [1.165, 1.54) is 17.0 Å². The third-order valence-electron chi connectivity index (χ3n) is 9.65. The lowest BCUT2D eigenvalue weighted by Crippen LogP contribution is -2.76. The second kappa shape index (κ2) is 7.98. The Kier molecular flexibility index (Phi) is 5.84. The van der Waals surface area contributed by atoms with Crippen molar-refractivity contribution in [3.63, 3.8) is 0 Å². The summed E-state index contributed by atoms with van der Waals surface area (Å²) in [5, 5.41) is 0. The average molecular weight is 547 g/mol. The van der Waals surface area contributed by atoms with Crippen molar-refractivity contribution in [3.8, 4) is 0 Å². The van der Waals surface area contributed by atoms with Crippen LogP contribution in [0.3, 0.4) is 0 Å². The fourth-order valence-corrected chi connectivity index (χ4v) is 8.89. The minimum Gasteiger partial charge on any atom is -0.325 e. The maximum atomic E-state index is 5.47. The summed E-state index contributed by atoms with van der Waals surface area (Å²) in [5.74, 6) is 2.57. The molecule has 0 aromatic carbocycles. The average Bonchev–Trinajstić information content (AvgIpc) is 3.18. The quantitative estimate of drug-likeness (QED) is 0.299. The highest BCUT2D eigenvalue weighted by molar-refractivity contribution is 6.20. The highest BCUT2D eigenvalue weighted by atomic mass is 15.4. The van der Waals surface area contributed by atoms with E-state index in [1.807, 2.05) is 0 Å². The van der Waals surface area contributed by atoms with Crippen LogP contribution in [0.25, 0.3) is 0 Å². The molecule has 40 heavy (non-hydrogen) atoms. The predicted molar refractivity (Wildman–Crippen MR) is 171 cm³/mol. The zero-order valence-electron chi connectivity index (χ0n) is 28.1. The molecular weight excluding hydrogens is 492 g/mol. The summed E-state index contributed by atoms with van der Waals surface area (Å²) in [6.07, 6.45) is 7.51. The first-order valence-electron chi connectivity index (χ1n) is 15.2. The molecule has 0 saturated heterocycles. The Morgan fingerprint density at radius 2 is 1.18 bits per heavy atom. The normalized spacial score (nSPS) is 39.4. The maximum Gasteiger partial charge on any atom is 0.222 e. The number of hydrogen-bond donors (Lipinski definition) is 0. The molecule has 2 heterocycles. The van der Waals surface area contributed by atoms with Crippen molar-refractivity contribution in [2.75, 3.05) is 0 Å². The van der Waals surface area contributed by atoms with Gasteiger partial charge in [0.2, 0.25) is 11.9 Å². The Balaban J connectivity index is 1.80. The zero-order chi connectivity index (χ0) is 30.2. The molecule has 1 fully saturated rings. The van der Waals surface area contributed by atoms with E-state index in [2.05, 4.69) is 139 Å². The SMILES string of the molecule is CC1=C[C@H]2[C@H]([C@H]3C=C[C@]2(C)C2=NC(=NC(C)(C)C)N(C(C)(C)C)[C@]23C)[C@@]2(C)C1=NC(=NC(C)(C)C)N2C(C)(C)C. The van der Waals surface area contributed by atoms with Crippen LogP contribution in [-0.4, -0.2) is 66.4 Å². The van der Waals surface area contributed by atoms with Gasteiger partial charge in [0.1, 0.15) is 0 Å². The predicted octanol–water partition coefficient (Wildman–Crippen LogP) is 7.32. The van der Waals surface area contributed by atoms with Crippen LogP contribution < -0.4 is 0 Å². The van der Waals surface area contributed by atoms with Gasteiger partial charge in [-0.05, 0) is 115 Å². The second-order valence-electron chi connectivity index (χ2n) is 17.5. The maximum absolute atomic E-state index is 5.47. The van der Waals surface area contributed by atoms with Crippen molar-refractivity contribution < 1.29 is 0 Å². The van der Waals surface area contributed by atoms with Crippen LogP contribution in [0.2, 0.25) is 0 Å². The van der Waals surface area contributed by atoms with E-state index in [4.69, 9.17) is 20.0 Å². The smallest absolute Gasteiger partial charge is 0.222 e. The van der Waals surface area contributed by atoms with Crippen LogP contribution >= 0.6 is 0 Å². The third kappa shape index (κ3) is 3.86. The zero-order valence-corrected chi connectivity index (χ0v) is 28.1. The molecule has 0 unspecified atom stereocenters. The number of fused-ring (bicyclic) bond motifs is 1. The summed E-state index contributed by atoms with van der Waals surface area (Å²) < 4.78 is 0. The Labute approximate surface area is 243 Å². The van der Waals surface area contributed by atoms with Gasteiger partial charge in [-0.3, -0.25) is 0 Å². The van der Waals surface area contributed by atoms with Gasteiger partial charge in [-0.25, -0.2) is 20.0 Å². The number of allylic oxidation sites excluding steroid dienone is 2. The lowest BCUT2D eigenvalue weighted by Gasteiger charge is -2.67. The first kappa shape index (κ1) is 29.3. The van der Waals surface area contributed by atoms with E-state index in [1.54, 1.807) is 0 Å². The summed E-state index contributed by atoms with van der Waals surface area (Å²) in [6, 6.07) is 0. The molecule has 220 valence electrons. The fraction of sp³-hybridized carbons (Fsp3) is 0.765. The standard InChI is InChI=1S/C34H54N6/c1-20-19-22-23(34(16)24(20)35-26(37-28(2,3)4)40(34)31(11,12)13)21-17-18-32(22,14)25-33(21,15)39(30(8,9)10)27(36-25)38-29(5,6)7/h17-19,21-23H,1-16H3/t21-,22+,23+,32+,33+,34+/m1/s1. The number of guanidine groups is 2. The van der Waals surface area contributed by atoms with E-state index in [9.17, 15) is 0 Å². The molecular formula is C34H54N6. The first-order valence-corrected chi connectivity index (χ1v) is 15.2. The van der Waals surface area contributed by atoms with Crippen molar-refractivity contribution in [2.45, 2.75) is 144 Å². The van der Waals surface area contributed by atoms with Gasteiger partial charge < -0.3 is 9.80 Å². The lowest BCUT2D eigenvalue weighted by molar-refractivity contribution is -0.0285. The van der Waals surface area contributed by atoms with E-state index >= 15 is 0 Å². The van der Waals surface area contributed by atoms with Crippen molar-refractivity contribution in [1.29, 1.82) is 0 Å². The highest BCUT2D eigenvalue weighted by Gasteiger charge is 2.73. The molecule has 6 nitrogen and oxygen atoms in total. The van der Waals surface area contributed by atoms with Gasteiger partial charge in [-0.1, -0.05) is 25.2 Å². The Morgan fingerprint density at radius 3 is 1.65 bits per heavy atom. The molecule has 4 aliphatic carbocycles. The number of aliphatic imine (C=N–C) groups is 4. The van der Waals surface area contributed by atoms with E-state index < -0.39 is 0 Å². The molecule has 0 N–H and O–H groups in total. The number of rotatable bonds is 0. The molecule has 2 aliphatic heterocycles. The van der Waals surface area contributed by atoms with E-state index in [-0.39, 0.29) is 44.6 Å². The van der Waals surface area contributed by atoms with E-state index in [0.717, 1.165) is 11.9 Å². The van der Waals surface area contributed by atoms with Gasteiger partial charge in [-0.15, -0.1) is 0 Å². The molecule has 6 rings (SSSR count). The summed E-state index contributed by atoms with van der Waals surface area (Å²) in [7, 11) is 0. The van der Waals surface area contributed by atoms with Crippen LogP contribution in [-0.2, 0) is 0 Å². The van der Waals surface area contributed by atoms with Gasteiger partial charge in [0.05, 0.1) is 33.6 Å². The minimum atomic E-state index is -0.315. The largest absolute Gasteiger partial charge is 0.325 e. The Bertz CT molecular complexity index is 1310. The monoisotopic (exact) mass is 546 g/mol. The second-order valence-corrected chi connectivity index (χ2v) is 17.5. The molecule has 0 spiro atoms. The molecule has 6 atom stereocenters. The number of nitrogens with zero attached hydrogens (tertiary/aromatic N) is 6. The fourth-order valence-electron chi connectivity index (χ4n) is 8.89. The third-order valence-corrected chi connectivity index (χ3v) is 9.65. The molecule has 6 aliphatic rings. The number of hydrogen-bond acceptors (Lipinski definition) is 2. The highest BCUT2D eigenvalue weighted by Crippen LogP contribution is 2.66. The molecule has 2 bridgehead atoms. The van der Waals surface area contributed by atoms with Gasteiger partial charge in [0, 0.05) is 28.3 Å². The summed E-state index contributed by atoms with van der Waals surface area (Å²) in [5.41, 5.74) is 2.12. The minimum absolute atomic E-state index is 0.155. The van der Waals surface area contributed by atoms with E-state index in [0.29, 0.717) is 11.8 Å². The summed E-state index contributed by atoms with van der Waals surface area (Å²) >= 11 is 0. The van der Waals surface area contributed by atoms with Gasteiger partial charge in [0.25, 0.3) is 0 Å². The Hall–Kier alpha value is -2.24. The molecule has 0 radical (unpaired) electrons. The van der Waals surface area contributed by atoms with Crippen molar-refractivity contribution in [1.82, 2.24) is 9.80 Å². The van der Waals surface area contributed by atoms with Gasteiger partial charge in [0.15, 0.2) is 0 Å². The molecule has 6 heteroatoms. The van der Waals surface area contributed by atoms with Crippen LogP contribution in [0.1, 0.15) is 111 Å². The van der Waals surface area contributed by atoms with Crippen LogP contribution in [0.4, 0.5) is 0 Å². The van der Waals surface area contributed by atoms with Crippen LogP contribution in [0, 0.1) is 23.2 Å². The Morgan fingerprint density at radius 1 is 0.700 bits per heavy atom. The molecule has 1 saturated carbocycles.